The number of nitrogens with one attached hydrogen (secondary N) is 1. The highest BCUT2D eigenvalue weighted by Crippen LogP contribution is 2.40. The lowest BCUT2D eigenvalue weighted by Gasteiger charge is -2.37. The Kier molecular flexibility index (Phi) is 3.11. The third-order valence-electron chi connectivity index (χ3n) is 3.86. The predicted molar refractivity (Wildman–Crippen MR) is 76.0 cm³/mol. The van der Waals surface area contributed by atoms with Gasteiger partial charge in [0.25, 0.3) is 0 Å². The van der Waals surface area contributed by atoms with Crippen LogP contribution in [0.15, 0.2) is 60.7 Å². The molecule has 2 aromatic rings. The topological polar surface area (TPSA) is 46.2 Å². The van der Waals surface area contributed by atoms with Crippen molar-refractivity contribution in [3.63, 3.8) is 0 Å². The molecule has 0 spiro atoms. The molecule has 2 aromatic carbocycles. The molecule has 20 heavy (non-hydrogen) atoms. The number of hydrogen-bond donors (Lipinski definition) is 1. The zero-order chi connectivity index (χ0) is 14.0. The van der Waals surface area contributed by atoms with E-state index in [1.54, 1.807) is 0 Å². The van der Waals surface area contributed by atoms with Gasteiger partial charge in [0.1, 0.15) is 0 Å². The highest BCUT2D eigenvalue weighted by molar-refractivity contribution is 6.00. The molecule has 0 unspecified atom stereocenters. The summed E-state index contributed by atoms with van der Waals surface area (Å²) in [6.07, 6.45) is 0.597. The number of rotatable bonds is 2. The van der Waals surface area contributed by atoms with E-state index in [-0.39, 0.29) is 11.8 Å². The third kappa shape index (κ3) is 2.11. The summed E-state index contributed by atoms with van der Waals surface area (Å²) in [7, 11) is 0. The van der Waals surface area contributed by atoms with Crippen LogP contribution in [0, 0.1) is 0 Å². The normalized spacial score (nSPS) is 17.6. The minimum atomic E-state index is -0.554. The predicted octanol–water partition coefficient (Wildman–Crippen LogP) is 2.41. The van der Waals surface area contributed by atoms with Gasteiger partial charge < -0.3 is 0 Å². The van der Waals surface area contributed by atoms with Crippen LogP contribution in [0.25, 0.3) is 0 Å². The second kappa shape index (κ2) is 4.93. The average Bonchev–Trinajstić information content (AvgIpc) is 2.48. The maximum atomic E-state index is 11.9. The average molecular weight is 265 g/mol. The number of amides is 2. The van der Waals surface area contributed by atoms with Crippen molar-refractivity contribution in [1.29, 1.82) is 0 Å². The molecule has 1 aliphatic heterocycles. The first-order valence-electron chi connectivity index (χ1n) is 6.64. The lowest BCUT2D eigenvalue weighted by atomic mass is 9.68. The van der Waals surface area contributed by atoms with E-state index in [0.29, 0.717) is 12.8 Å². The number of hydrogen-bond acceptors (Lipinski definition) is 2. The molecule has 1 fully saturated rings. The third-order valence-corrected chi connectivity index (χ3v) is 3.86. The number of imide groups is 1. The van der Waals surface area contributed by atoms with Crippen molar-refractivity contribution in [2.45, 2.75) is 18.3 Å². The monoisotopic (exact) mass is 265 g/mol. The van der Waals surface area contributed by atoms with Gasteiger partial charge in [-0.15, -0.1) is 0 Å². The molecule has 1 N–H and O–H groups in total. The van der Waals surface area contributed by atoms with Crippen LogP contribution in [-0.4, -0.2) is 11.8 Å². The summed E-state index contributed by atoms with van der Waals surface area (Å²) in [5.74, 6) is -0.428. The summed E-state index contributed by atoms with van der Waals surface area (Å²) in [6.45, 7) is 0. The Morgan fingerprint density at radius 2 is 1.10 bits per heavy atom. The summed E-state index contributed by atoms with van der Waals surface area (Å²) in [5, 5.41) is 2.40. The Morgan fingerprint density at radius 1 is 0.700 bits per heavy atom. The summed E-state index contributed by atoms with van der Waals surface area (Å²) in [5.41, 5.74) is 1.46. The number of piperidine rings is 1. The van der Waals surface area contributed by atoms with Gasteiger partial charge in [-0.05, 0) is 11.1 Å². The Hall–Kier alpha value is -2.42. The Labute approximate surface area is 117 Å². The molecule has 1 saturated heterocycles. The van der Waals surface area contributed by atoms with E-state index >= 15 is 0 Å². The van der Waals surface area contributed by atoms with E-state index in [1.807, 2.05) is 60.7 Å². The van der Waals surface area contributed by atoms with E-state index in [1.165, 1.54) is 0 Å². The molecule has 0 aliphatic carbocycles. The summed E-state index contributed by atoms with van der Waals surface area (Å²) < 4.78 is 0. The van der Waals surface area contributed by atoms with Gasteiger partial charge in [0, 0.05) is 18.3 Å². The molecule has 3 rings (SSSR count). The molecule has 0 aromatic heterocycles. The smallest absolute Gasteiger partial charge is 0.227 e. The van der Waals surface area contributed by atoms with Crippen molar-refractivity contribution in [2.75, 3.05) is 0 Å². The number of carbonyl (C=O) groups is 2. The first kappa shape index (κ1) is 12.6. The minimum absolute atomic E-state index is 0.214. The molecule has 1 aliphatic rings. The Morgan fingerprint density at radius 3 is 1.50 bits per heavy atom. The number of carbonyl (C=O) groups excluding carboxylic acids is 2. The van der Waals surface area contributed by atoms with Crippen molar-refractivity contribution in [2.24, 2.45) is 0 Å². The highest BCUT2D eigenvalue weighted by Gasteiger charge is 2.42. The van der Waals surface area contributed by atoms with E-state index in [4.69, 9.17) is 0 Å². The maximum Gasteiger partial charge on any atom is 0.227 e. The SMILES string of the molecule is O=C1CC(c2ccccc2)(c2ccccc2)CC(=O)N1. The van der Waals surface area contributed by atoms with Crippen LogP contribution >= 0.6 is 0 Å². The molecular weight excluding hydrogens is 250 g/mol. The molecule has 3 heteroatoms. The molecule has 100 valence electrons. The van der Waals surface area contributed by atoms with Crippen LogP contribution in [0.4, 0.5) is 0 Å². The van der Waals surface area contributed by atoms with E-state index in [2.05, 4.69) is 5.32 Å². The zero-order valence-corrected chi connectivity index (χ0v) is 11.0. The molecule has 2 amide bonds. The first-order chi connectivity index (χ1) is 9.71. The fourth-order valence-corrected chi connectivity index (χ4v) is 2.94. The van der Waals surface area contributed by atoms with Crippen LogP contribution in [0.5, 0.6) is 0 Å². The second-order valence-corrected chi connectivity index (χ2v) is 5.14. The van der Waals surface area contributed by atoms with E-state index < -0.39 is 5.41 Å². The minimum Gasteiger partial charge on any atom is -0.296 e. The van der Waals surface area contributed by atoms with Gasteiger partial charge in [0.15, 0.2) is 0 Å². The van der Waals surface area contributed by atoms with Gasteiger partial charge in [-0.2, -0.15) is 0 Å². The highest BCUT2D eigenvalue weighted by atomic mass is 16.2. The molecule has 0 saturated carbocycles. The lowest BCUT2D eigenvalue weighted by molar-refractivity contribution is -0.135. The number of benzene rings is 2. The molecule has 0 bridgehead atoms. The van der Waals surface area contributed by atoms with Crippen molar-refractivity contribution in [1.82, 2.24) is 5.32 Å². The van der Waals surface area contributed by atoms with Crippen LogP contribution in [0.2, 0.25) is 0 Å². The van der Waals surface area contributed by atoms with E-state index in [0.717, 1.165) is 11.1 Å². The van der Waals surface area contributed by atoms with Crippen molar-refractivity contribution >= 4 is 11.8 Å². The molecule has 1 heterocycles. The van der Waals surface area contributed by atoms with Crippen LogP contribution < -0.4 is 5.32 Å². The van der Waals surface area contributed by atoms with Crippen molar-refractivity contribution in [3.05, 3.63) is 71.8 Å². The summed E-state index contributed by atoms with van der Waals surface area (Å²) in [6, 6.07) is 19.6. The zero-order valence-electron chi connectivity index (χ0n) is 11.0. The van der Waals surface area contributed by atoms with Gasteiger partial charge >= 0.3 is 0 Å². The van der Waals surface area contributed by atoms with E-state index in [9.17, 15) is 9.59 Å². The van der Waals surface area contributed by atoms with Gasteiger partial charge in [-0.25, -0.2) is 0 Å². The second-order valence-electron chi connectivity index (χ2n) is 5.14. The molecular formula is C17H15NO2. The molecule has 0 atom stereocenters. The van der Waals surface area contributed by atoms with Crippen LogP contribution in [-0.2, 0) is 15.0 Å². The quantitative estimate of drug-likeness (QED) is 0.848. The largest absolute Gasteiger partial charge is 0.296 e. The Balaban J connectivity index is 2.18. The van der Waals surface area contributed by atoms with Gasteiger partial charge in [-0.3, -0.25) is 14.9 Å². The standard InChI is InChI=1S/C17H15NO2/c19-15-11-17(12-16(20)18-15,13-7-3-1-4-8-13)14-9-5-2-6-10-14/h1-10H,11-12H2,(H,18,19,20). The summed E-state index contributed by atoms with van der Waals surface area (Å²) >= 11 is 0. The lowest BCUT2D eigenvalue weighted by Crippen LogP contribution is -2.47. The van der Waals surface area contributed by atoms with Crippen molar-refractivity contribution in [3.8, 4) is 0 Å². The maximum absolute atomic E-state index is 11.9. The fourth-order valence-electron chi connectivity index (χ4n) is 2.94. The summed E-state index contributed by atoms with van der Waals surface area (Å²) in [4.78, 5) is 23.8. The first-order valence-corrected chi connectivity index (χ1v) is 6.64. The van der Waals surface area contributed by atoms with Crippen molar-refractivity contribution < 1.29 is 9.59 Å². The molecule has 3 nitrogen and oxygen atoms in total. The van der Waals surface area contributed by atoms with Crippen LogP contribution in [0.3, 0.4) is 0 Å². The van der Waals surface area contributed by atoms with Crippen LogP contribution in [0.1, 0.15) is 24.0 Å². The van der Waals surface area contributed by atoms with Gasteiger partial charge in [0.05, 0.1) is 0 Å². The Bertz CT molecular complexity index is 577. The molecule has 0 radical (unpaired) electrons. The van der Waals surface area contributed by atoms with Gasteiger partial charge in [-0.1, -0.05) is 60.7 Å². The fraction of sp³-hybridized carbons (Fsp3) is 0.176. The van der Waals surface area contributed by atoms with Gasteiger partial charge in [0.2, 0.25) is 11.8 Å².